The summed E-state index contributed by atoms with van der Waals surface area (Å²) in [5.74, 6) is -1.45. The van der Waals surface area contributed by atoms with Gasteiger partial charge in [0.15, 0.2) is 0 Å². The Labute approximate surface area is 116 Å². The van der Waals surface area contributed by atoms with Crippen LogP contribution < -0.4 is 0 Å². The lowest BCUT2D eigenvalue weighted by atomic mass is 10.0. The van der Waals surface area contributed by atoms with Crippen molar-refractivity contribution in [1.29, 1.82) is 0 Å². The fourth-order valence-corrected chi connectivity index (χ4v) is 2.26. The Morgan fingerprint density at radius 1 is 1.25 bits per heavy atom. The zero-order chi connectivity index (χ0) is 14.7. The van der Waals surface area contributed by atoms with Gasteiger partial charge in [0, 0.05) is 18.7 Å². The Balaban J connectivity index is 2.27. The lowest BCUT2D eigenvalue weighted by molar-refractivity contribution is 0.165. The van der Waals surface area contributed by atoms with Crippen LogP contribution in [0.4, 0.5) is 8.78 Å². The van der Waals surface area contributed by atoms with Gasteiger partial charge in [-0.3, -0.25) is 4.68 Å². The molecule has 5 heteroatoms. The minimum atomic E-state index is -1.22. The van der Waals surface area contributed by atoms with Gasteiger partial charge in [-0.05, 0) is 31.5 Å². The molecule has 1 atom stereocenters. The number of halogens is 2. The van der Waals surface area contributed by atoms with Crippen LogP contribution in [-0.4, -0.2) is 14.9 Å². The summed E-state index contributed by atoms with van der Waals surface area (Å²) in [5, 5.41) is 14.5. The molecule has 1 heterocycles. The van der Waals surface area contributed by atoms with Gasteiger partial charge in [-0.15, -0.1) is 0 Å². The molecule has 3 nitrogen and oxygen atoms in total. The molecule has 20 heavy (non-hydrogen) atoms. The molecule has 0 saturated heterocycles. The van der Waals surface area contributed by atoms with E-state index in [1.165, 1.54) is 6.07 Å². The topological polar surface area (TPSA) is 38.0 Å². The molecule has 0 radical (unpaired) electrons. The minimum absolute atomic E-state index is 0.138. The number of hydrogen-bond acceptors (Lipinski definition) is 2. The van der Waals surface area contributed by atoms with Crippen LogP contribution in [0.25, 0.3) is 0 Å². The molecule has 0 aliphatic carbocycles. The molecule has 0 spiro atoms. The van der Waals surface area contributed by atoms with Crippen molar-refractivity contribution >= 4 is 0 Å². The van der Waals surface area contributed by atoms with Crippen molar-refractivity contribution in [3.8, 4) is 0 Å². The fraction of sp³-hybridized carbons (Fsp3) is 0.400. The molecule has 1 N–H and O–H groups in total. The largest absolute Gasteiger partial charge is 0.388 e. The van der Waals surface area contributed by atoms with Gasteiger partial charge in [0.2, 0.25) is 0 Å². The predicted molar refractivity (Wildman–Crippen MR) is 72.3 cm³/mol. The number of aliphatic hydroxyl groups excluding tert-OH is 1. The SMILES string of the molecule is CCc1cc(CC(O)c2c(F)cccc2F)n(CC)n1. The standard InChI is InChI=1S/C15H18F2N2O/c1-3-10-8-11(19(4-2)18-10)9-14(20)15-12(16)6-5-7-13(15)17/h5-8,14,20H,3-4,9H2,1-2H3. The van der Waals surface area contributed by atoms with Gasteiger partial charge in [0.05, 0.1) is 17.4 Å². The maximum atomic E-state index is 13.6. The highest BCUT2D eigenvalue weighted by Gasteiger charge is 2.20. The maximum absolute atomic E-state index is 13.6. The second-order valence-electron chi connectivity index (χ2n) is 4.65. The van der Waals surface area contributed by atoms with Gasteiger partial charge >= 0.3 is 0 Å². The summed E-state index contributed by atoms with van der Waals surface area (Å²) in [5.41, 5.74) is 1.40. The first-order chi connectivity index (χ1) is 9.56. The number of aromatic nitrogens is 2. The van der Waals surface area contributed by atoms with E-state index in [0.29, 0.717) is 6.54 Å². The third-order valence-electron chi connectivity index (χ3n) is 3.31. The van der Waals surface area contributed by atoms with Gasteiger partial charge in [-0.2, -0.15) is 5.10 Å². The molecule has 0 aliphatic rings. The quantitative estimate of drug-likeness (QED) is 0.914. The van der Waals surface area contributed by atoms with Crippen molar-refractivity contribution in [2.75, 3.05) is 0 Å². The molecular formula is C15H18F2N2O. The highest BCUT2D eigenvalue weighted by molar-refractivity contribution is 5.24. The molecule has 0 bridgehead atoms. The van der Waals surface area contributed by atoms with E-state index in [1.54, 1.807) is 4.68 Å². The Morgan fingerprint density at radius 2 is 1.90 bits per heavy atom. The lowest BCUT2D eigenvalue weighted by Crippen LogP contribution is -2.11. The third-order valence-corrected chi connectivity index (χ3v) is 3.31. The van der Waals surface area contributed by atoms with Gasteiger partial charge in [0.25, 0.3) is 0 Å². The number of hydrogen-bond donors (Lipinski definition) is 1. The van der Waals surface area contributed by atoms with E-state index >= 15 is 0 Å². The third kappa shape index (κ3) is 2.88. The number of nitrogens with zero attached hydrogens (tertiary/aromatic N) is 2. The zero-order valence-electron chi connectivity index (χ0n) is 11.6. The first kappa shape index (κ1) is 14.7. The van der Waals surface area contributed by atoms with Crippen LogP contribution in [0.1, 0.15) is 36.9 Å². The Morgan fingerprint density at radius 3 is 2.45 bits per heavy atom. The average molecular weight is 280 g/mol. The van der Waals surface area contributed by atoms with Crippen molar-refractivity contribution < 1.29 is 13.9 Å². The van der Waals surface area contributed by atoms with Crippen LogP contribution in [0, 0.1) is 11.6 Å². The zero-order valence-corrected chi connectivity index (χ0v) is 11.6. The van der Waals surface area contributed by atoms with Crippen molar-refractivity contribution in [3.05, 3.63) is 52.9 Å². The normalized spacial score (nSPS) is 12.7. The summed E-state index contributed by atoms with van der Waals surface area (Å²) < 4.78 is 29.0. The average Bonchev–Trinajstić information content (AvgIpc) is 2.80. The minimum Gasteiger partial charge on any atom is -0.388 e. The summed E-state index contributed by atoms with van der Waals surface area (Å²) in [6, 6.07) is 5.45. The molecule has 2 aromatic rings. The lowest BCUT2D eigenvalue weighted by Gasteiger charge is -2.13. The van der Waals surface area contributed by atoms with E-state index in [1.807, 2.05) is 19.9 Å². The second-order valence-corrected chi connectivity index (χ2v) is 4.65. The van der Waals surface area contributed by atoms with Crippen LogP contribution in [0.2, 0.25) is 0 Å². The molecule has 0 amide bonds. The van der Waals surface area contributed by atoms with Gasteiger partial charge in [0.1, 0.15) is 11.6 Å². The molecule has 0 fully saturated rings. The smallest absolute Gasteiger partial charge is 0.131 e. The van der Waals surface area contributed by atoms with Gasteiger partial charge in [-0.25, -0.2) is 8.78 Å². The van der Waals surface area contributed by atoms with Crippen LogP contribution in [0.5, 0.6) is 0 Å². The van der Waals surface area contributed by atoms with Crippen molar-refractivity contribution in [1.82, 2.24) is 9.78 Å². The molecule has 0 aliphatic heterocycles. The van der Waals surface area contributed by atoms with Crippen LogP contribution in [0.15, 0.2) is 24.3 Å². The van der Waals surface area contributed by atoms with E-state index in [-0.39, 0.29) is 12.0 Å². The second kappa shape index (κ2) is 6.13. The molecule has 1 unspecified atom stereocenters. The Kier molecular flexibility index (Phi) is 4.49. The highest BCUT2D eigenvalue weighted by atomic mass is 19.1. The molecule has 108 valence electrons. The first-order valence-corrected chi connectivity index (χ1v) is 6.74. The van der Waals surface area contributed by atoms with E-state index < -0.39 is 17.7 Å². The summed E-state index contributed by atoms with van der Waals surface area (Å²) >= 11 is 0. The number of aryl methyl sites for hydroxylation is 2. The Hall–Kier alpha value is -1.75. The summed E-state index contributed by atoms with van der Waals surface area (Å²) in [7, 11) is 0. The fourth-order valence-electron chi connectivity index (χ4n) is 2.26. The monoisotopic (exact) mass is 280 g/mol. The molecular weight excluding hydrogens is 262 g/mol. The van der Waals surface area contributed by atoms with Gasteiger partial charge < -0.3 is 5.11 Å². The van der Waals surface area contributed by atoms with Crippen LogP contribution >= 0.6 is 0 Å². The van der Waals surface area contributed by atoms with E-state index in [9.17, 15) is 13.9 Å². The first-order valence-electron chi connectivity index (χ1n) is 6.74. The van der Waals surface area contributed by atoms with Crippen molar-refractivity contribution in [3.63, 3.8) is 0 Å². The Bertz CT molecular complexity index is 575. The highest BCUT2D eigenvalue weighted by Crippen LogP contribution is 2.24. The van der Waals surface area contributed by atoms with E-state index in [0.717, 1.165) is 29.9 Å². The summed E-state index contributed by atoms with van der Waals surface area (Å²) in [6.07, 6.45) is -0.300. The van der Waals surface area contributed by atoms with Crippen molar-refractivity contribution in [2.24, 2.45) is 0 Å². The summed E-state index contributed by atoms with van der Waals surface area (Å²) in [4.78, 5) is 0. The molecule has 0 saturated carbocycles. The maximum Gasteiger partial charge on any atom is 0.131 e. The van der Waals surface area contributed by atoms with E-state index in [4.69, 9.17) is 0 Å². The molecule has 2 rings (SSSR count). The number of benzene rings is 1. The molecule has 1 aromatic carbocycles. The predicted octanol–water partition coefficient (Wildman–Crippen LogP) is 3.02. The van der Waals surface area contributed by atoms with Gasteiger partial charge in [-0.1, -0.05) is 13.0 Å². The number of aliphatic hydroxyl groups is 1. The van der Waals surface area contributed by atoms with E-state index in [2.05, 4.69) is 5.10 Å². The summed E-state index contributed by atoms with van der Waals surface area (Å²) in [6.45, 7) is 4.58. The van der Waals surface area contributed by atoms with Crippen LogP contribution in [0.3, 0.4) is 0 Å². The number of rotatable bonds is 5. The molecule has 1 aromatic heterocycles. The van der Waals surface area contributed by atoms with Crippen LogP contribution in [-0.2, 0) is 19.4 Å². The van der Waals surface area contributed by atoms with Crippen molar-refractivity contribution in [2.45, 2.75) is 39.3 Å².